The summed E-state index contributed by atoms with van der Waals surface area (Å²) in [7, 11) is 0. The van der Waals surface area contributed by atoms with Crippen LogP contribution in [0.3, 0.4) is 0 Å². The van der Waals surface area contributed by atoms with Crippen molar-refractivity contribution in [2.24, 2.45) is 0 Å². The maximum absolute atomic E-state index is 3.76. The van der Waals surface area contributed by atoms with Gasteiger partial charge in [-0.3, -0.25) is 0 Å². The number of alkyl halides is 1. The molecule has 1 aromatic carbocycles. The summed E-state index contributed by atoms with van der Waals surface area (Å²) >= 11 is 7.35. The SMILES string of the molecule is CSc1ccccc1C(Br)c1cccs1. The minimum Gasteiger partial charge on any atom is -0.147 e. The van der Waals surface area contributed by atoms with Crippen LogP contribution in [-0.2, 0) is 0 Å². The summed E-state index contributed by atoms with van der Waals surface area (Å²) in [4.78, 5) is 3.02. The summed E-state index contributed by atoms with van der Waals surface area (Å²) in [5, 5.41) is 2.12. The molecular formula is C12H11BrS2. The average Bonchev–Trinajstić information content (AvgIpc) is 2.81. The van der Waals surface area contributed by atoms with Gasteiger partial charge in [-0.15, -0.1) is 23.1 Å². The van der Waals surface area contributed by atoms with Gasteiger partial charge in [0, 0.05) is 9.77 Å². The zero-order valence-corrected chi connectivity index (χ0v) is 11.5. The molecule has 0 N–H and O–H groups in total. The predicted molar refractivity (Wildman–Crippen MR) is 73.3 cm³/mol. The van der Waals surface area contributed by atoms with Crippen LogP contribution < -0.4 is 0 Å². The molecule has 0 spiro atoms. The Bertz CT molecular complexity index is 423. The fraction of sp³-hybridized carbons (Fsp3) is 0.167. The van der Waals surface area contributed by atoms with Crippen molar-refractivity contribution in [2.75, 3.05) is 6.26 Å². The van der Waals surface area contributed by atoms with Gasteiger partial charge in [0.25, 0.3) is 0 Å². The largest absolute Gasteiger partial charge is 0.147 e. The molecule has 1 atom stereocenters. The van der Waals surface area contributed by atoms with Crippen molar-refractivity contribution in [3.8, 4) is 0 Å². The van der Waals surface area contributed by atoms with Gasteiger partial charge in [-0.2, -0.15) is 0 Å². The molecule has 3 heteroatoms. The van der Waals surface area contributed by atoms with Crippen molar-refractivity contribution in [1.82, 2.24) is 0 Å². The molecule has 0 radical (unpaired) electrons. The van der Waals surface area contributed by atoms with E-state index in [0.29, 0.717) is 4.83 Å². The Balaban J connectivity index is 2.37. The van der Waals surface area contributed by atoms with E-state index in [9.17, 15) is 0 Å². The zero-order chi connectivity index (χ0) is 10.7. The lowest BCUT2D eigenvalue weighted by atomic mass is 10.1. The molecule has 0 bridgehead atoms. The summed E-state index contributed by atoms with van der Waals surface area (Å²) in [6.45, 7) is 0. The van der Waals surface area contributed by atoms with Gasteiger partial charge in [0.2, 0.25) is 0 Å². The van der Waals surface area contributed by atoms with Crippen molar-refractivity contribution in [1.29, 1.82) is 0 Å². The fourth-order valence-electron chi connectivity index (χ4n) is 1.46. The van der Waals surface area contributed by atoms with Gasteiger partial charge in [0.15, 0.2) is 0 Å². The average molecular weight is 299 g/mol. The van der Waals surface area contributed by atoms with Gasteiger partial charge in [0.1, 0.15) is 0 Å². The van der Waals surface area contributed by atoms with Gasteiger partial charge in [0.05, 0.1) is 4.83 Å². The monoisotopic (exact) mass is 298 g/mol. The maximum Gasteiger partial charge on any atom is 0.0748 e. The Hall–Kier alpha value is -0.250. The first kappa shape index (κ1) is 11.2. The van der Waals surface area contributed by atoms with Gasteiger partial charge in [-0.1, -0.05) is 40.2 Å². The van der Waals surface area contributed by atoms with E-state index in [4.69, 9.17) is 0 Å². The number of hydrogen-bond acceptors (Lipinski definition) is 2. The number of thioether (sulfide) groups is 1. The first-order valence-corrected chi connectivity index (χ1v) is 7.65. The van der Waals surface area contributed by atoms with E-state index < -0.39 is 0 Å². The number of hydrogen-bond donors (Lipinski definition) is 0. The summed E-state index contributed by atoms with van der Waals surface area (Å²) in [5.74, 6) is 0. The molecular weight excluding hydrogens is 288 g/mol. The third-order valence-corrected chi connectivity index (χ3v) is 5.24. The van der Waals surface area contributed by atoms with Crippen molar-refractivity contribution >= 4 is 39.0 Å². The molecule has 2 rings (SSSR count). The van der Waals surface area contributed by atoms with Crippen LogP contribution in [0.2, 0.25) is 0 Å². The second kappa shape index (κ2) is 5.19. The van der Waals surface area contributed by atoms with Crippen LogP contribution in [0.1, 0.15) is 15.3 Å². The quantitative estimate of drug-likeness (QED) is 0.570. The Morgan fingerprint density at radius 2 is 2.00 bits per heavy atom. The van der Waals surface area contributed by atoms with E-state index in [1.807, 2.05) is 0 Å². The van der Waals surface area contributed by atoms with Crippen LogP contribution in [0.15, 0.2) is 46.7 Å². The summed E-state index contributed by atoms with van der Waals surface area (Å²) in [6, 6.07) is 12.8. The molecule has 0 aliphatic heterocycles. The Kier molecular flexibility index (Phi) is 3.89. The van der Waals surface area contributed by atoms with E-state index in [2.05, 4.69) is 64.0 Å². The molecule has 1 unspecified atom stereocenters. The number of benzene rings is 1. The molecule has 2 aromatic rings. The van der Waals surface area contributed by atoms with Crippen molar-refractivity contribution in [2.45, 2.75) is 9.72 Å². The molecule has 0 amide bonds. The van der Waals surface area contributed by atoms with Gasteiger partial charge >= 0.3 is 0 Å². The normalized spacial score (nSPS) is 12.7. The molecule has 0 aliphatic carbocycles. The zero-order valence-electron chi connectivity index (χ0n) is 8.31. The first-order valence-electron chi connectivity index (χ1n) is 4.63. The third kappa shape index (κ3) is 2.47. The summed E-state index contributed by atoms with van der Waals surface area (Å²) < 4.78 is 0. The van der Waals surface area contributed by atoms with Gasteiger partial charge in [-0.25, -0.2) is 0 Å². The van der Waals surface area contributed by atoms with Crippen LogP contribution in [0.4, 0.5) is 0 Å². The van der Waals surface area contributed by atoms with E-state index in [0.717, 1.165) is 0 Å². The molecule has 15 heavy (non-hydrogen) atoms. The Morgan fingerprint density at radius 3 is 2.67 bits per heavy atom. The number of rotatable bonds is 3. The van der Waals surface area contributed by atoms with Crippen LogP contribution in [0, 0.1) is 0 Å². The molecule has 0 nitrogen and oxygen atoms in total. The van der Waals surface area contributed by atoms with Crippen molar-refractivity contribution in [3.63, 3.8) is 0 Å². The minimum absolute atomic E-state index is 0.321. The standard InChI is InChI=1S/C12H11BrS2/c1-14-10-6-3-2-5-9(10)12(13)11-7-4-8-15-11/h2-8,12H,1H3. The lowest BCUT2D eigenvalue weighted by molar-refractivity contribution is 1.15. The third-order valence-electron chi connectivity index (χ3n) is 2.20. The first-order chi connectivity index (χ1) is 7.33. The molecule has 78 valence electrons. The molecule has 0 saturated carbocycles. The second-order valence-corrected chi connectivity index (χ2v) is 5.86. The second-order valence-electron chi connectivity index (χ2n) is 3.12. The van der Waals surface area contributed by atoms with Gasteiger partial charge < -0.3 is 0 Å². The highest BCUT2D eigenvalue weighted by Crippen LogP contribution is 2.37. The number of thiophene rings is 1. The molecule has 1 heterocycles. The van der Waals surface area contributed by atoms with Crippen LogP contribution in [-0.4, -0.2) is 6.26 Å². The molecule has 0 aliphatic rings. The lowest BCUT2D eigenvalue weighted by Crippen LogP contribution is -1.91. The summed E-state index contributed by atoms with van der Waals surface area (Å²) in [5.41, 5.74) is 1.35. The van der Waals surface area contributed by atoms with Gasteiger partial charge in [-0.05, 0) is 29.3 Å². The summed E-state index contributed by atoms with van der Waals surface area (Å²) in [6.07, 6.45) is 2.12. The topological polar surface area (TPSA) is 0 Å². The highest BCUT2D eigenvalue weighted by Gasteiger charge is 2.14. The lowest BCUT2D eigenvalue weighted by Gasteiger charge is -2.12. The molecule has 0 saturated heterocycles. The Labute approximate surface area is 107 Å². The van der Waals surface area contributed by atoms with E-state index in [1.54, 1.807) is 23.1 Å². The number of halogens is 1. The maximum atomic E-state index is 3.76. The van der Waals surface area contributed by atoms with Crippen LogP contribution >= 0.6 is 39.0 Å². The molecule has 1 aromatic heterocycles. The fourth-order valence-corrected chi connectivity index (χ4v) is 3.85. The predicted octanol–water partition coefficient (Wildman–Crippen LogP) is 4.95. The van der Waals surface area contributed by atoms with Crippen LogP contribution in [0.25, 0.3) is 0 Å². The minimum atomic E-state index is 0.321. The van der Waals surface area contributed by atoms with E-state index >= 15 is 0 Å². The van der Waals surface area contributed by atoms with E-state index in [1.165, 1.54) is 15.3 Å². The van der Waals surface area contributed by atoms with Crippen LogP contribution in [0.5, 0.6) is 0 Å². The van der Waals surface area contributed by atoms with E-state index in [-0.39, 0.29) is 0 Å². The molecule has 0 fully saturated rings. The van der Waals surface area contributed by atoms with Crippen molar-refractivity contribution in [3.05, 3.63) is 52.2 Å². The highest BCUT2D eigenvalue weighted by atomic mass is 79.9. The highest BCUT2D eigenvalue weighted by molar-refractivity contribution is 9.09. The Morgan fingerprint density at radius 1 is 1.20 bits per heavy atom. The van der Waals surface area contributed by atoms with Crippen molar-refractivity contribution < 1.29 is 0 Å². The smallest absolute Gasteiger partial charge is 0.0748 e.